The lowest BCUT2D eigenvalue weighted by Gasteiger charge is -2.46. The van der Waals surface area contributed by atoms with Gasteiger partial charge in [-0.05, 0) is 57.2 Å². The molecule has 0 aromatic heterocycles. The van der Waals surface area contributed by atoms with Gasteiger partial charge in [-0.15, -0.1) is 0 Å². The molecule has 2 fully saturated rings. The average molecular weight is 408 g/mol. The summed E-state index contributed by atoms with van der Waals surface area (Å²) in [6, 6.07) is 3.81. The Morgan fingerprint density at radius 2 is 1.93 bits per heavy atom. The van der Waals surface area contributed by atoms with Gasteiger partial charge in [-0.2, -0.15) is 0 Å². The second kappa shape index (κ2) is 9.20. The van der Waals surface area contributed by atoms with Gasteiger partial charge < -0.3 is 9.64 Å². The SMILES string of the molecule is CCOC(=O)[C@]1(Cc2ccc(F)cc2F)CCCN(C2CCN(C(C)=O)CC2)C1. The zero-order chi connectivity index (χ0) is 21.0. The molecule has 0 aliphatic carbocycles. The Labute approximate surface area is 171 Å². The van der Waals surface area contributed by atoms with Crippen LogP contribution in [-0.4, -0.2) is 60.5 Å². The molecule has 2 saturated heterocycles. The highest BCUT2D eigenvalue weighted by Gasteiger charge is 2.45. The molecule has 160 valence electrons. The van der Waals surface area contributed by atoms with Gasteiger partial charge in [0.25, 0.3) is 0 Å². The molecule has 5 nitrogen and oxygen atoms in total. The molecule has 7 heteroatoms. The van der Waals surface area contributed by atoms with Gasteiger partial charge in [0.15, 0.2) is 0 Å². The Morgan fingerprint density at radius 3 is 2.55 bits per heavy atom. The summed E-state index contributed by atoms with van der Waals surface area (Å²) in [5.41, 5.74) is -0.502. The van der Waals surface area contributed by atoms with E-state index in [1.165, 1.54) is 12.1 Å². The van der Waals surface area contributed by atoms with E-state index in [2.05, 4.69) is 4.90 Å². The van der Waals surface area contributed by atoms with Crippen molar-refractivity contribution < 1.29 is 23.1 Å². The quantitative estimate of drug-likeness (QED) is 0.703. The van der Waals surface area contributed by atoms with Gasteiger partial charge in [-0.1, -0.05) is 6.07 Å². The van der Waals surface area contributed by atoms with Crippen LogP contribution < -0.4 is 0 Å². The normalized spacial score (nSPS) is 23.8. The average Bonchev–Trinajstić information content (AvgIpc) is 2.70. The van der Waals surface area contributed by atoms with Crippen molar-refractivity contribution in [2.24, 2.45) is 5.41 Å². The van der Waals surface area contributed by atoms with Crippen LogP contribution in [0, 0.1) is 17.0 Å². The number of likely N-dealkylation sites (tertiary alicyclic amines) is 2. The largest absolute Gasteiger partial charge is 0.466 e. The summed E-state index contributed by atoms with van der Waals surface area (Å²) in [7, 11) is 0. The van der Waals surface area contributed by atoms with Crippen LogP contribution in [0.15, 0.2) is 18.2 Å². The minimum absolute atomic E-state index is 0.0924. The van der Waals surface area contributed by atoms with Gasteiger partial charge in [0, 0.05) is 38.7 Å². The first-order chi connectivity index (χ1) is 13.8. The van der Waals surface area contributed by atoms with Crippen molar-refractivity contribution in [1.29, 1.82) is 0 Å². The second-order valence-electron chi connectivity index (χ2n) is 8.22. The van der Waals surface area contributed by atoms with Crippen molar-refractivity contribution >= 4 is 11.9 Å². The molecule has 2 aliphatic heterocycles. The Hall–Kier alpha value is -2.02. The molecule has 0 bridgehead atoms. The van der Waals surface area contributed by atoms with E-state index in [1.807, 2.05) is 4.90 Å². The molecule has 0 radical (unpaired) electrons. The lowest BCUT2D eigenvalue weighted by molar-refractivity contribution is -0.160. The highest BCUT2D eigenvalue weighted by molar-refractivity contribution is 5.78. The third-order valence-electron chi connectivity index (χ3n) is 6.29. The monoisotopic (exact) mass is 408 g/mol. The molecule has 0 N–H and O–H groups in total. The maximum atomic E-state index is 14.4. The molecule has 29 heavy (non-hydrogen) atoms. The zero-order valence-electron chi connectivity index (χ0n) is 17.3. The molecule has 0 unspecified atom stereocenters. The van der Waals surface area contributed by atoms with Gasteiger partial charge in [-0.3, -0.25) is 14.5 Å². The number of rotatable bonds is 5. The molecule has 0 spiro atoms. The molecular formula is C22H30F2N2O3. The third kappa shape index (κ3) is 4.94. The molecule has 1 aromatic carbocycles. The van der Waals surface area contributed by atoms with E-state index in [-0.39, 0.29) is 30.9 Å². The number of nitrogens with zero attached hydrogens (tertiary/aromatic N) is 2. The van der Waals surface area contributed by atoms with Gasteiger partial charge in [0.05, 0.1) is 12.0 Å². The van der Waals surface area contributed by atoms with E-state index in [0.29, 0.717) is 18.5 Å². The summed E-state index contributed by atoms with van der Waals surface area (Å²) in [6.45, 7) is 6.42. The van der Waals surface area contributed by atoms with Crippen LogP contribution >= 0.6 is 0 Å². The standard InChI is InChI=1S/C22H30F2N2O3/c1-3-29-21(28)22(14-17-5-6-18(23)13-20(17)24)9-4-10-26(15-22)19-7-11-25(12-8-19)16(2)27/h5-6,13,19H,3-4,7-12,14-15H2,1-2H3/t22-/m0/s1. The first-order valence-electron chi connectivity index (χ1n) is 10.5. The van der Waals surface area contributed by atoms with Gasteiger partial charge in [0.2, 0.25) is 5.91 Å². The fourth-order valence-electron chi connectivity index (χ4n) is 4.72. The molecule has 2 aliphatic rings. The first kappa shape index (κ1) is 21.7. The van der Waals surface area contributed by atoms with Crippen molar-refractivity contribution in [3.63, 3.8) is 0 Å². The molecule has 1 atom stereocenters. The number of carbonyl (C=O) groups excluding carboxylic acids is 2. The summed E-state index contributed by atoms with van der Waals surface area (Å²) < 4.78 is 33.1. The van der Waals surface area contributed by atoms with E-state index < -0.39 is 17.0 Å². The minimum atomic E-state index is -0.843. The molecule has 2 heterocycles. The molecule has 1 aromatic rings. The fourth-order valence-corrected chi connectivity index (χ4v) is 4.72. The van der Waals surface area contributed by atoms with Crippen LogP contribution in [0.25, 0.3) is 0 Å². The number of hydrogen-bond acceptors (Lipinski definition) is 4. The number of amides is 1. The predicted octanol–water partition coefficient (Wildman–Crippen LogP) is 3.16. The van der Waals surface area contributed by atoms with Crippen molar-refractivity contribution in [3.05, 3.63) is 35.4 Å². The number of benzene rings is 1. The first-order valence-corrected chi connectivity index (χ1v) is 10.5. The lowest BCUT2D eigenvalue weighted by Crippen LogP contribution is -2.55. The van der Waals surface area contributed by atoms with Crippen molar-refractivity contribution in [2.45, 2.75) is 52.0 Å². The van der Waals surface area contributed by atoms with Gasteiger partial charge in [0.1, 0.15) is 11.6 Å². The number of halogens is 2. The number of carbonyl (C=O) groups is 2. The zero-order valence-corrected chi connectivity index (χ0v) is 17.3. The summed E-state index contributed by atoms with van der Waals surface area (Å²) in [4.78, 5) is 28.7. The number of piperidine rings is 2. The second-order valence-corrected chi connectivity index (χ2v) is 8.22. The van der Waals surface area contributed by atoms with E-state index in [4.69, 9.17) is 4.74 Å². The molecule has 0 saturated carbocycles. The van der Waals surface area contributed by atoms with E-state index in [9.17, 15) is 18.4 Å². The smallest absolute Gasteiger partial charge is 0.313 e. The van der Waals surface area contributed by atoms with Crippen LogP contribution in [0.5, 0.6) is 0 Å². The minimum Gasteiger partial charge on any atom is -0.466 e. The van der Waals surface area contributed by atoms with E-state index in [1.54, 1.807) is 13.8 Å². The summed E-state index contributed by atoms with van der Waals surface area (Å²) >= 11 is 0. The van der Waals surface area contributed by atoms with Crippen LogP contribution in [0.3, 0.4) is 0 Å². The molecule has 3 rings (SSSR count). The fraction of sp³-hybridized carbons (Fsp3) is 0.636. The Kier molecular flexibility index (Phi) is 6.88. The van der Waals surface area contributed by atoms with E-state index >= 15 is 0 Å². The Morgan fingerprint density at radius 1 is 1.21 bits per heavy atom. The summed E-state index contributed by atoms with van der Waals surface area (Å²) in [5, 5.41) is 0. The number of hydrogen-bond donors (Lipinski definition) is 0. The Bertz CT molecular complexity index is 750. The van der Waals surface area contributed by atoms with Crippen LogP contribution in [0.1, 0.15) is 45.1 Å². The van der Waals surface area contributed by atoms with Gasteiger partial charge >= 0.3 is 5.97 Å². The molecule has 1 amide bonds. The topological polar surface area (TPSA) is 49.9 Å². The highest BCUT2D eigenvalue weighted by Crippen LogP contribution is 2.38. The van der Waals surface area contributed by atoms with Crippen LogP contribution in [0.2, 0.25) is 0 Å². The maximum absolute atomic E-state index is 14.4. The Balaban J connectivity index is 1.79. The molecular weight excluding hydrogens is 378 g/mol. The van der Waals surface area contributed by atoms with Crippen molar-refractivity contribution in [2.75, 3.05) is 32.8 Å². The van der Waals surface area contributed by atoms with E-state index in [0.717, 1.165) is 45.0 Å². The maximum Gasteiger partial charge on any atom is 0.313 e. The lowest BCUT2D eigenvalue weighted by atomic mass is 9.74. The number of ether oxygens (including phenoxy) is 1. The summed E-state index contributed by atoms with van der Waals surface area (Å²) in [6.07, 6.45) is 3.35. The number of esters is 1. The van der Waals surface area contributed by atoms with Crippen molar-refractivity contribution in [3.8, 4) is 0 Å². The predicted molar refractivity (Wildman–Crippen MR) is 105 cm³/mol. The van der Waals surface area contributed by atoms with Gasteiger partial charge in [-0.25, -0.2) is 8.78 Å². The van der Waals surface area contributed by atoms with Crippen LogP contribution in [-0.2, 0) is 20.7 Å². The summed E-state index contributed by atoms with van der Waals surface area (Å²) in [5.74, 6) is -1.47. The third-order valence-corrected chi connectivity index (χ3v) is 6.29. The van der Waals surface area contributed by atoms with Crippen LogP contribution in [0.4, 0.5) is 8.78 Å². The van der Waals surface area contributed by atoms with Crippen molar-refractivity contribution in [1.82, 2.24) is 9.80 Å². The highest BCUT2D eigenvalue weighted by atomic mass is 19.1.